The molecule has 0 spiro atoms. The molecule has 3 rings (SSSR count). The van der Waals surface area contributed by atoms with E-state index in [1.165, 1.54) is 5.56 Å². The van der Waals surface area contributed by atoms with Crippen molar-refractivity contribution in [3.05, 3.63) is 52.0 Å². The van der Waals surface area contributed by atoms with Crippen LogP contribution in [-0.4, -0.2) is 12.5 Å². The SMILES string of the molecule is Cc1cccc(N2C(=O)COc3ccc(Br)cc32)c1C. The summed E-state index contributed by atoms with van der Waals surface area (Å²) >= 11 is 3.45. The molecule has 20 heavy (non-hydrogen) atoms. The van der Waals surface area contributed by atoms with Crippen LogP contribution in [0.2, 0.25) is 0 Å². The van der Waals surface area contributed by atoms with Gasteiger partial charge in [-0.1, -0.05) is 28.1 Å². The Balaban J connectivity index is 2.21. The van der Waals surface area contributed by atoms with Crippen LogP contribution in [0.4, 0.5) is 11.4 Å². The highest BCUT2D eigenvalue weighted by atomic mass is 79.9. The Labute approximate surface area is 126 Å². The molecule has 0 radical (unpaired) electrons. The van der Waals surface area contributed by atoms with E-state index in [0.29, 0.717) is 0 Å². The lowest BCUT2D eigenvalue weighted by Crippen LogP contribution is -2.35. The van der Waals surface area contributed by atoms with Gasteiger partial charge in [-0.3, -0.25) is 9.69 Å². The van der Waals surface area contributed by atoms with Crippen molar-refractivity contribution in [1.82, 2.24) is 0 Å². The van der Waals surface area contributed by atoms with Crippen LogP contribution < -0.4 is 9.64 Å². The fourth-order valence-corrected chi connectivity index (χ4v) is 2.72. The largest absolute Gasteiger partial charge is 0.482 e. The van der Waals surface area contributed by atoms with E-state index in [4.69, 9.17) is 4.74 Å². The monoisotopic (exact) mass is 331 g/mol. The van der Waals surface area contributed by atoms with E-state index in [2.05, 4.69) is 15.9 Å². The lowest BCUT2D eigenvalue weighted by atomic mass is 10.1. The summed E-state index contributed by atoms with van der Waals surface area (Å²) in [6, 6.07) is 11.7. The summed E-state index contributed by atoms with van der Waals surface area (Å²) in [6.45, 7) is 4.15. The summed E-state index contributed by atoms with van der Waals surface area (Å²) in [7, 11) is 0. The second-order valence-electron chi connectivity index (χ2n) is 4.85. The van der Waals surface area contributed by atoms with Crippen molar-refractivity contribution in [1.29, 1.82) is 0 Å². The predicted octanol–water partition coefficient (Wildman–Crippen LogP) is 4.12. The number of benzene rings is 2. The molecule has 0 N–H and O–H groups in total. The number of aryl methyl sites for hydroxylation is 1. The minimum atomic E-state index is -0.0516. The third kappa shape index (κ3) is 2.10. The number of hydrogen-bond donors (Lipinski definition) is 0. The Hall–Kier alpha value is -1.81. The molecule has 2 aromatic carbocycles. The summed E-state index contributed by atoms with van der Waals surface area (Å²) in [5.41, 5.74) is 3.97. The van der Waals surface area contributed by atoms with E-state index in [1.807, 2.05) is 50.2 Å². The molecule has 0 aliphatic carbocycles. The summed E-state index contributed by atoms with van der Waals surface area (Å²) in [6.07, 6.45) is 0. The van der Waals surface area contributed by atoms with Crippen LogP contribution >= 0.6 is 15.9 Å². The molecule has 3 nitrogen and oxygen atoms in total. The minimum Gasteiger partial charge on any atom is -0.482 e. The van der Waals surface area contributed by atoms with Gasteiger partial charge >= 0.3 is 0 Å². The number of rotatable bonds is 1. The van der Waals surface area contributed by atoms with Gasteiger partial charge in [-0.25, -0.2) is 0 Å². The summed E-state index contributed by atoms with van der Waals surface area (Å²) in [5.74, 6) is 0.679. The quantitative estimate of drug-likeness (QED) is 0.786. The predicted molar refractivity (Wildman–Crippen MR) is 82.7 cm³/mol. The lowest BCUT2D eigenvalue weighted by Gasteiger charge is -2.31. The highest BCUT2D eigenvalue weighted by Crippen LogP contribution is 2.40. The minimum absolute atomic E-state index is 0.0516. The normalized spacial score (nSPS) is 13.9. The molecule has 1 aliphatic heterocycles. The molecule has 0 aromatic heterocycles. The van der Waals surface area contributed by atoms with Crippen molar-refractivity contribution < 1.29 is 9.53 Å². The van der Waals surface area contributed by atoms with Gasteiger partial charge in [0.1, 0.15) is 5.75 Å². The van der Waals surface area contributed by atoms with E-state index in [0.717, 1.165) is 27.2 Å². The van der Waals surface area contributed by atoms with Crippen molar-refractivity contribution in [2.24, 2.45) is 0 Å². The smallest absolute Gasteiger partial charge is 0.269 e. The first-order chi connectivity index (χ1) is 9.58. The summed E-state index contributed by atoms with van der Waals surface area (Å²) < 4.78 is 6.42. The van der Waals surface area contributed by atoms with Crippen molar-refractivity contribution in [2.45, 2.75) is 13.8 Å². The molecule has 4 heteroatoms. The first kappa shape index (κ1) is 13.2. The Morgan fingerprint density at radius 3 is 2.75 bits per heavy atom. The van der Waals surface area contributed by atoms with Crippen molar-refractivity contribution in [2.75, 3.05) is 11.5 Å². The Morgan fingerprint density at radius 2 is 1.95 bits per heavy atom. The lowest BCUT2D eigenvalue weighted by molar-refractivity contribution is -0.120. The van der Waals surface area contributed by atoms with Crippen LogP contribution in [-0.2, 0) is 4.79 Å². The molecular formula is C16H14BrNO2. The van der Waals surface area contributed by atoms with Gasteiger partial charge in [0, 0.05) is 4.47 Å². The van der Waals surface area contributed by atoms with Crippen molar-refractivity contribution in [3.8, 4) is 5.75 Å². The van der Waals surface area contributed by atoms with Crippen molar-refractivity contribution >= 4 is 33.2 Å². The maximum Gasteiger partial charge on any atom is 0.269 e. The van der Waals surface area contributed by atoms with Crippen LogP contribution in [0, 0.1) is 13.8 Å². The first-order valence-corrected chi connectivity index (χ1v) is 7.19. The average molecular weight is 332 g/mol. The van der Waals surface area contributed by atoms with Gasteiger partial charge in [-0.05, 0) is 49.2 Å². The van der Waals surface area contributed by atoms with Crippen molar-refractivity contribution in [3.63, 3.8) is 0 Å². The van der Waals surface area contributed by atoms with Gasteiger partial charge in [0.2, 0.25) is 0 Å². The van der Waals surface area contributed by atoms with Gasteiger partial charge < -0.3 is 4.74 Å². The van der Waals surface area contributed by atoms with Gasteiger partial charge in [0.25, 0.3) is 5.91 Å². The molecule has 102 valence electrons. The van der Waals surface area contributed by atoms with E-state index < -0.39 is 0 Å². The highest BCUT2D eigenvalue weighted by molar-refractivity contribution is 9.10. The number of ether oxygens (including phenoxy) is 1. The fraction of sp³-hybridized carbons (Fsp3) is 0.188. The number of carbonyl (C=O) groups excluding carboxylic acids is 1. The number of halogens is 1. The zero-order valence-corrected chi connectivity index (χ0v) is 12.9. The van der Waals surface area contributed by atoms with Gasteiger partial charge in [-0.15, -0.1) is 0 Å². The zero-order chi connectivity index (χ0) is 14.3. The first-order valence-electron chi connectivity index (χ1n) is 6.39. The molecule has 0 saturated heterocycles. The van der Waals surface area contributed by atoms with E-state index in [1.54, 1.807) is 4.90 Å². The third-order valence-electron chi connectivity index (χ3n) is 3.58. The second-order valence-corrected chi connectivity index (χ2v) is 5.76. The molecule has 0 saturated carbocycles. The molecule has 1 aliphatic rings. The van der Waals surface area contributed by atoms with Crippen LogP contribution in [0.1, 0.15) is 11.1 Å². The average Bonchev–Trinajstić information content (AvgIpc) is 2.42. The van der Waals surface area contributed by atoms with Crippen LogP contribution in [0.5, 0.6) is 5.75 Å². The van der Waals surface area contributed by atoms with Crippen LogP contribution in [0.3, 0.4) is 0 Å². The Morgan fingerprint density at radius 1 is 1.15 bits per heavy atom. The van der Waals surface area contributed by atoms with Gasteiger partial charge in [0.15, 0.2) is 6.61 Å². The molecule has 1 heterocycles. The number of amides is 1. The number of fused-ring (bicyclic) bond motifs is 1. The van der Waals surface area contributed by atoms with Crippen LogP contribution in [0.15, 0.2) is 40.9 Å². The Kier molecular flexibility index (Phi) is 3.26. The topological polar surface area (TPSA) is 29.5 Å². The number of carbonyl (C=O) groups is 1. The highest BCUT2D eigenvalue weighted by Gasteiger charge is 2.28. The molecule has 0 unspecified atom stereocenters. The van der Waals surface area contributed by atoms with E-state index in [-0.39, 0.29) is 12.5 Å². The number of hydrogen-bond acceptors (Lipinski definition) is 2. The number of nitrogens with zero attached hydrogens (tertiary/aromatic N) is 1. The van der Waals surface area contributed by atoms with Crippen LogP contribution in [0.25, 0.3) is 0 Å². The standard InChI is InChI=1S/C16H14BrNO2/c1-10-4-3-5-13(11(10)2)18-14-8-12(17)6-7-15(14)20-9-16(18)19/h3-8H,9H2,1-2H3. The fourth-order valence-electron chi connectivity index (χ4n) is 2.37. The summed E-state index contributed by atoms with van der Waals surface area (Å²) in [4.78, 5) is 14.1. The molecule has 2 aromatic rings. The Bertz CT molecular complexity index is 697. The van der Waals surface area contributed by atoms with E-state index in [9.17, 15) is 4.79 Å². The summed E-state index contributed by atoms with van der Waals surface area (Å²) in [5, 5.41) is 0. The molecule has 0 bridgehead atoms. The number of anilines is 2. The zero-order valence-electron chi connectivity index (χ0n) is 11.3. The van der Waals surface area contributed by atoms with Gasteiger partial charge in [0.05, 0.1) is 11.4 Å². The second kappa shape index (κ2) is 4.94. The molecule has 1 amide bonds. The third-order valence-corrected chi connectivity index (χ3v) is 4.07. The maximum atomic E-state index is 12.3. The van der Waals surface area contributed by atoms with E-state index >= 15 is 0 Å². The molecule has 0 atom stereocenters. The van der Waals surface area contributed by atoms with Gasteiger partial charge in [-0.2, -0.15) is 0 Å². The molecule has 0 fully saturated rings. The molecular weight excluding hydrogens is 318 g/mol. The maximum absolute atomic E-state index is 12.3.